The maximum atomic E-state index is 6.12. The van der Waals surface area contributed by atoms with Crippen molar-refractivity contribution in [1.29, 1.82) is 0 Å². The van der Waals surface area contributed by atoms with E-state index in [1.54, 1.807) is 0 Å². The summed E-state index contributed by atoms with van der Waals surface area (Å²) >= 11 is 0. The molecule has 0 fully saturated rings. The van der Waals surface area contributed by atoms with Crippen LogP contribution in [0.2, 0.25) is 0 Å². The van der Waals surface area contributed by atoms with Crippen molar-refractivity contribution in [3.63, 3.8) is 0 Å². The highest BCUT2D eigenvalue weighted by Crippen LogP contribution is 2.15. The molecule has 1 N–H and O–H groups in total. The second-order valence-electron chi connectivity index (χ2n) is 6.94. The van der Waals surface area contributed by atoms with Crippen molar-refractivity contribution in [3.05, 3.63) is 0 Å². The quantitative estimate of drug-likeness (QED) is 0.348. The molecule has 0 rings (SSSR count). The molecule has 1 unspecified atom stereocenters. The van der Waals surface area contributed by atoms with Crippen LogP contribution >= 0.6 is 0 Å². The van der Waals surface area contributed by atoms with Crippen LogP contribution in [0.25, 0.3) is 0 Å². The summed E-state index contributed by atoms with van der Waals surface area (Å²) in [7, 11) is 0. The molecule has 0 amide bonds. The Labute approximate surface area is 128 Å². The second kappa shape index (κ2) is 12.6. The molecule has 0 spiro atoms. The van der Waals surface area contributed by atoms with Crippen LogP contribution in [0.5, 0.6) is 0 Å². The Bertz CT molecular complexity index is 198. The zero-order valence-electron chi connectivity index (χ0n) is 14.8. The van der Waals surface area contributed by atoms with Gasteiger partial charge in [0, 0.05) is 0 Å². The molecule has 0 saturated heterocycles. The fraction of sp³-hybridized carbons (Fsp3) is 1.00. The molecule has 2 nitrogen and oxygen atoms in total. The lowest BCUT2D eigenvalue weighted by atomic mass is 10.1. The van der Waals surface area contributed by atoms with Gasteiger partial charge in [0.05, 0.1) is 5.60 Å². The van der Waals surface area contributed by atoms with Crippen LogP contribution in [0.15, 0.2) is 0 Å². The zero-order chi connectivity index (χ0) is 15.3. The topological polar surface area (TPSA) is 21.3 Å². The molecule has 0 aromatic heterocycles. The van der Waals surface area contributed by atoms with Gasteiger partial charge < -0.3 is 4.74 Å². The Hall–Kier alpha value is -0.0800. The molecule has 1 atom stereocenters. The lowest BCUT2D eigenvalue weighted by Crippen LogP contribution is -2.38. The van der Waals surface area contributed by atoms with Gasteiger partial charge in [0.1, 0.15) is 6.23 Å². The van der Waals surface area contributed by atoms with E-state index in [1.807, 2.05) is 0 Å². The van der Waals surface area contributed by atoms with E-state index < -0.39 is 0 Å². The SMILES string of the molecule is CCCCCCCCCC(NCCCC)OC(C)(C)C. The fourth-order valence-corrected chi connectivity index (χ4v) is 2.36. The van der Waals surface area contributed by atoms with Gasteiger partial charge in [0.15, 0.2) is 0 Å². The zero-order valence-corrected chi connectivity index (χ0v) is 14.8. The summed E-state index contributed by atoms with van der Waals surface area (Å²) in [6, 6.07) is 0. The van der Waals surface area contributed by atoms with E-state index in [-0.39, 0.29) is 11.8 Å². The van der Waals surface area contributed by atoms with Gasteiger partial charge >= 0.3 is 0 Å². The Morgan fingerprint density at radius 1 is 0.800 bits per heavy atom. The summed E-state index contributed by atoms with van der Waals surface area (Å²) in [5.74, 6) is 0. The average Bonchev–Trinajstić information content (AvgIpc) is 2.36. The number of nitrogens with one attached hydrogen (secondary N) is 1. The van der Waals surface area contributed by atoms with Crippen LogP contribution in [0.1, 0.15) is 98.8 Å². The standard InChI is InChI=1S/C18H39NO/c1-6-8-10-11-12-13-14-15-17(19-16-9-7-2)20-18(3,4)5/h17,19H,6-16H2,1-5H3. The largest absolute Gasteiger partial charge is 0.358 e. The Morgan fingerprint density at radius 2 is 1.35 bits per heavy atom. The summed E-state index contributed by atoms with van der Waals surface area (Å²) in [5, 5.41) is 3.57. The van der Waals surface area contributed by atoms with Gasteiger partial charge in [-0.05, 0) is 46.6 Å². The van der Waals surface area contributed by atoms with Crippen LogP contribution in [0, 0.1) is 0 Å². The predicted octanol–water partition coefficient (Wildman–Crippen LogP) is 5.66. The molecule has 2 heteroatoms. The molecule has 0 aliphatic rings. The third kappa shape index (κ3) is 14.3. The van der Waals surface area contributed by atoms with Gasteiger partial charge in [-0.25, -0.2) is 0 Å². The smallest absolute Gasteiger partial charge is 0.108 e. The molecule has 122 valence electrons. The minimum absolute atomic E-state index is 0.0506. The van der Waals surface area contributed by atoms with Crippen molar-refractivity contribution in [1.82, 2.24) is 5.32 Å². The molecular formula is C18H39NO. The highest BCUT2D eigenvalue weighted by molar-refractivity contribution is 4.65. The summed E-state index contributed by atoms with van der Waals surface area (Å²) in [6.45, 7) is 12.0. The first-order valence-electron chi connectivity index (χ1n) is 8.90. The highest BCUT2D eigenvalue weighted by Gasteiger charge is 2.17. The third-order valence-electron chi connectivity index (χ3n) is 3.47. The van der Waals surface area contributed by atoms with Crippen LogP contribution < -0.4 is 5.32 Å². The Balaban J connectivity index is 3.73. The van der Waals surface area contributed by atoms with Crippen LogP contribution in [0.3, 0.4) is 0 Å². The molecule has 0 aliphatic carbocycles. The maximum absolute atomic E-state index is 6.12. The summed E-state index contributed by atoms with van der Waals surface area (Å²) in [6.07, 6.45) is 13.4. The van der Waals surface area contributed by atoms with Gasteiger partial charge in [-0.1, -0.05) is 58.8 Å². The van der Waals surface area contributed by atoms with Crippen LogP contribution in [-0.4, -0.2) is 18.4 Å². The first kappa shape index (κ1) is 19.9. The van der Waals surface area contributed by atoms with Gasteiger partial charge in [0.2, 0.25) is 0 Å². The number of hydrogen-bond donors (Lipinski definition) is 1. The van der Waals surface area contributed by atoms with Gasteiger partial charge in [-0.2, -0.15) is 0 Å². The maximum Gasteiger partial charge on any atom is 0.108 e. The van der Waals surface area contributed by atoms with E-state index in [0.29, 0.717) is 0 Å². The van der Waals surface area contributed by atoms with E-state index >= 15 is 0 Å². The van der Waals surface area contributed by atoms with E-state index in [1.165, 1.54) is 57.8 Å². The van der Waals surface area contributed by atoms with Crippen LogP contribution in [-0.2, 0) is 4.74 Å². The monoisotopic (exact) mass is 285 g/mol. The van der Waals surface area contributed by atoms with Crippen LogP contribution in [0.4, 0.5) is 0 Å². The normalized spacial score (nSPS) is 13.7. The molecule has 20 heavy (non-hydrogen) atoms. The summed E-state index contributed by atoms with van der Waals surface area (Å²) in [4.78, 5) is 0. The molecule has 0 aromatic rings. The van der Waals surface area contributed by atoms with Crippen molar-refractivity contribution in [2.75, 3.05) is 6.54 Å². The van der Waals surface area contributed by atoms with Crippen molar-refractivity contribution >= 4 is 0 Å². The average molecular weight is 286 g/mol. The molecule has 0 radical (unpaired) electrons. The number of unbranched alkanes of at least 4 members (excludes halogenated alkanes) is 7. The molecular weight excluding hydrogens is 246 g/mol. The Morgan fingerprint density at radius 3 is 1.90 bits per heavy atom. The predicted molar refractivity (Wildman–Crippen MR) is 90.1 cm³/mol. The first-order valence-corrected chi connectivity index (χ1v) is 8.90. The van der Waals surface area contributed by atoms with Crippen molar-refractivity contribution < 1.29 is 4.74 Å². The minimum Gasteiger partial charge on any atom is -0.358 e. The van der Waals surface area contributed by atoms with Gasteiger partial charge in [0.25, 0.3) is 0 Å². The molecule has 0 bridgehead atoms. The first-order chi connectivity index (χ1) is 9.49. The summed E-state index contributed by atoms with van der Waals surface area (Å²) in [5.41, 5.74) is -0.0506. The van der Waals surface area contributed by atoms with Gasteiger partial charge in [-0.3, -0.25) is 5.32 Å². The second-order valence-corrected chi connectivity index (χ2v) is 6.94. The molecule has 0 aromatic carbocycles. The van der Waals surface area contributed by atoms with E-state index in [0.717, 1.165) is 13.0 Å². The number of rotatable bonds is 13. The third-order valence-corrected chi connectivity index (χ3v) is 3.47. The number of ether oxygens (including phenoxy) is 1. The summed E-state index contributed by atoms with van der Waals surface area (Å²) < 4.78 is 6.12. The van der Waals surface area contributed by atoms with Crippen molar-refractivity contribution in [2.45, 2.75) is 111 Å². The highest BCUT2D eigenvalue weighted by atomic mass is 16.5. The van der Waals surface area contributed by atoms with Crippen molar-refractivity contribution in [2.24, 2.45) is 0 Å². The van der Waals surface area contributed by atoms with Crippen molar-refractivity contribution in [3.8, 4) is 0 Å². The lowest BCUT2D eigenvalue weighted by Gasteiger charge is -2.28. The van der Waals surface area contributed by atoms with E-state index in [4.69, 9.17) is 4.74 Å². The fourth-order valence-electron chi connectivity index (χ4n) is 2.36. The molecule has 0 saturated carbocycles. The van der Waals surface area contributed by atoms with E-state index in [9.17, 15) is 0 Å². The number of hydrogen-bond acceptors (Lipinski definition) is 2. The minimum atomic E-state index is -0.0506. The lowest BCUT2D eigenvalue weighted by molar-refractivity contribution is -0.0785. The Kier molecular flexibility index (Phi) is 12.6. The molecule has 0 heterocycles. The molecule has 0 aliphatic heterocycles. The van der Waals surface area contributed by atoms with E-state index in [2.05, 4.69) is 39.9 Å². The van der Waals surface area contributed by atoms with Gasteiger partial charge in [-0.15, -0.1) is 0 Å².